The third-order valence-corrected chi connectivity index (χ3v) is 5.51. The molecule has 0 aliphatic heterocycles. The number of benzene rings is 2. The van der Waals surface area contributed by atoms with Crippen molar-refractivity contribution in [3.05, 3.63) is 58.6 Å². The molecule has 1 unspecified atom stereocenters. The van der Waals surface area contributed by atoms with E-state index in [9.17, 15) is 14.7 Å². The van der Waals surface area contributed by atoms with Gasteiger partial charge in [0.25, 0.3) is 5.69 Å². The summed E-state index contributed by atoms with van der Waals surface area (Å²) >= 11 is 0. The summed E-state index contributed by atoms with van der Waals surface area (Å²) in [6.45, 7) is 1.64. The van der Waals surface area contributed by atoms with E-state index in [-0.39, 0.29) is 5.69 Å². The number of nitro benzene ring substituents is 1. The molecular formula is C13H13N2O3P. The molecule has 2 aromatic rings. The smallest absolute Gasteiger partial charge is 0.269 e. The lowest BCUT2D eigenvalue weighted by molar-refractivity contribution is -0.384. The van der Waals surface area contributed by atoms with Gasteiger partial charge in [0.15, 0.2) is 0 Å². The van der Waals surface area contributed by atoms with Crippen molar-refractivity contribution in [2.75, 3.05) is 12.4 Å². The SMILES string of the molecule is CP(=O)(c1ccc(N)cc1)c1ccc([N+](=O)[O-])cc1. The van der Waals surface area contributed by atoms with Crippen LogP contribution in [-0.4, -0.2) is 11.6 Å². The fraction of sp³-hybridized carbons (Fsp3) is 0.0769. The van der Waals surface area contributed by atoms with Gasteiger partial charge in [-0.15, -0.1) is 0 Å². The molecule has 0 fully saturated rings. The minimum absolute atomic E-state index is 0.0129. The van der Waals surface area contributed by atoms with Gasteiger partial charge in [-0.25, -0.2) is 0 Å². The molecule has 0 saturated heterocycles. The van der Waals surface area contributed by atoms with Crippen molar-refractivity contribution in [1.82, 2.24) is 0 Å². The van der Waals surface area contributed by atoms with E-state index in [2.05, 4.69) is 0 Å². The minimum atomic E-state index is -2.75. The summed E-state index contributed by atoms with van der Waals surface area (Å²) in [7, 11) is -2.75. The second kappa shape index (κ2) is 4.86. The van der Waals surface area contributed by atoms with Crippen molar-refractivity contribution in [2.45, 2.75) is 0 Å². The Balaban J connectivity index is 2.41. The predicted molar refractivity (Wildman–Crippen MR) is 76.7 cm³/mol. The van der Waals surface area contributed by atoms with Gasteiger partial charge in [0, 0.05) is 28.4 Å². The van der Waals surface area contributed by atoms with Gasteiger partial charge in [-0.1, -0.05) is 0 Å². The summed E-state index contributed by atoms with van der Waals surface area (Å²) in [5, 5.41) is 11.9. The van der Waals surface area contributed by atoms with Crippen LogP contribution in [0.15, 0.2) is 48.5 Å². The molecule has 0 heterocycles. The molecule has 0 aromatic heterocycles. The molecular weight excluding hydrogens is 263 g/mol. The van der Waals surface area contributed by atoms with Crippen LogP contribution in [0.5, 0.6) is 0 Å². The summed E-state index contributed by atoms with van der Waals surface area (Å²) in [5.41, 5.74) is 6.19. The van der Waals surface area contributed by atoms with Gasteiger partial charge in [-0.05, 0) is 43.1 Å². The molecule has 0 radical (unpaired) electrons. The van der Waals surface area contributed by atoms with Gasteiger partial charge in [-0.2, -0.15) is 0 Å². The van der Waals surface area contributed by atoms with E-state index >= 15 is 0 Å². The molecule has 6 heteroatoms. The van der Waals surface area contributed by atoms with Gasteiger partial charge in [0.2, 0.25) is 0 Å². The molecule has 0 bridgehead atoms. The van der Waals surface area contributed by atoms with Gasteiger partial charge < -0.3 is 10.3 Å². The van der Waals surface area contributed by atoms with Crippen LogP contribution >= 0.6 is 7.14 Å². The number of rotatable bonds is 3. The molecule has 0 spiro atoms. The number of nitrogens with two attached hydrogens (primary N) is 1. The summed E-state index contributed by atoms with van der Waals surface area (Å²) < 4.78 is 12.8. The fourth-order valence-electron chi connectivity index (χ4n) is 1.77. The first-order valence-electron chi connectivity index (χ1n) is 5.60. The molecule has 0 aliphatic rings. The van der Waals surface area contributed by atoms with Crippen molar-refractivity contribution in [3.8, 4) is 0 Å². The maximum absolute atomic E-state index is 12.8. The maximum Gasteiger partial charge on any atom is 0.269 e. The highest BCUT2D eigenvalue weighted by atomic mass is 31.2. The lowest BCUT2D eigenvalue weighted by atomic mass is 10.3. The van der Waals surface area contributed by atoms with Gasteiger partial charge >= 0.3 is 0 Å². The third kappa shape index (κ3) is 2.66. The summed E-state index contributed by atoms with van der Waals surface area (Å²) in [4.78, 5) is 10.1. The normalized spacial score (nSPS) is 13.7. The molecule has 2 N–H and O–H groups in total. The van der Waals surface area contributed by atoms with Crippen LogP contribution in [0.25, 0.3) is 0 Å². The molecule has 0 aliphatic carbocycles. The fourth-order valence-corrected chi connectivity index (χ4v) is 3.50. The number of nitrogens with zero attached hydrogens (tertiary/aromatic N) is 1. The molecule has 0 amide bonds. The number of nitrogen functional groups attached to an aromatic ring is 1. The van der Waals surface area contributed by atoms with Crippen molar-refractivity contribution >= 4 is 29.1 Å². The number of nitro groups is 1. The number of non-ortho nitro benzene ring substituents is 1. The van der Waals surface area contributed by atoms with E-state index in [1.54, 1.807) is 30.9 Å². The van der Waals surface area contributed by atoms with Crippen LogP contribution in [0.2, 0.25) is 0 Å². The van der Waals surface area contributed by atoms with Crippen LogP contribution in [0.1, 0.15) is 0 Å². The van der Waals surface area contributed by atoms with Crippen LogP contribution in [0.4, 0.5) is 11.4 Å². The number of hydrogen-bond acceptors (Lipinski definition) is 4. The summed E-state index contributed by atoms with van der Waals surface area (Å²) in [5.74, 6) is 0. The highest BCUT2D eigenvalue weighted by Gasteiger charge is 2.21. The molecule has 98 valence electrons. The third-order valence-electron chi connectivity index (χ3n) is 2.94. The highest BCUT2D eigenvalue weighted by Crippen LogP contribution is 2.39. The zero-order valence-electron chi connectivity index (χ0n) is 10.3. The minimum Gasteiger partial charge on any atom is -0.399 e. The van der Waals surface area contributed by atoms with E-state index in [0.29, 0.717) is 16.3 Å². The van der Waals surface area contributed by atoms with Crippen LogP contribution in [-0.2, 0) is 4.57 Å². The lowest BCUT2D eigenvalue weighted by Gasteiger charge is -2.13. The molecule has 5 nitrogen and oxygen atoms in total. The highest BCUT2D eigenvalue weighted by molar-refractivity contribution is 7.78. The standard InChI is InChI=1S/C13H13N2O3P/c1-19(18,12-6-2-10(14)3-7-12)13-8-4-11(5-9-13)15(16)17/h2-9H,14H2,1H3. The first-order valence-corrected chi connectivity index (χ1v) is 7.75. The molecule has 2 aromatic carbocycles. The predicted octanol–water partition coefficient (Wildman–Crippen LogP) is 2.12. The second-order valence-electron chi connectivity index (χ2n) is 4.29. The quantitative estimate of drug-likeness (QED) is 0.402. The number of anilines is 1. The Morgan fingerprint density at radius 1 is 1.00 bits per heavy atom. The summed E-state index contributed by atoms with van der Waals surface area (Å²) in [6.07, 6.45) is 0. The average molecular weight is 276 g/mol. The molecule has 0 saturated carbocycles. The van der Waals surface area contributed by atoms with Crippen molar-refractivity contribution in [3.63, 3.8) is 0 Å². The van der Waals surface area contributed by atoms with E-state index < -0.39 is 12.1 Å². The maximum atomic E-state index is 12.8. The van der Waals surface area contributed by atoms with Gasteiger partial charge in [0.05, 0.1) is 4.92 Å². The topological polar surface area (TPSA) is 86.2 Å². The Morgan fingerprint density at radius 2 is 1.42 bits per heavy atom. The molecule has 2 rings (SSSR count). The Bertz CT molecular complexity index is 651. The first kappa shape index (κ1) is 13.3. The van der Waals surface area contributed by atoms with E-state index in [1.807, 2.05) is 0 Å². The zero-order valence-corrected chi connectivity index (χ0v) is 11.2. The number of hydrogen-bond donors (Lipinski definition) is 1. The van der Waals surface area contributed by atoms with E-state index in [0.717, 1.165) is 0 Å². The summed E-state index contributed by atoms with van der Waals surface area (Å²) in [6, 6.07) is 12.6. The first-order chi connectivity index (χ1) is 8.91. The largest absolute Gasteiger partial charge is 0.399 e. The molecule has 19 heavy (non-hydrogen) atoms. The zero-order chi connectivity index (χ0) is 14.0. The van der Waals surface area contributed by atoms with Crippen molar-refractivity contribution < 1.29 is 9.49 Å². The average Bonchev–Trinajstić information content (AvgIpc) is 2.39. The van der Waals surface area contributed by atoms with E-state index in [1.165, 1.54) is 24.3 Å². The van der Waals surface area contributed by atoms with Crippen molar-refractivity contribution in [1.29, 1.82) is 0 Å². The Hall–Kier alpha value is -2.13. The lowest BCUT2D eigenvalue weighted by Crippen LogP contribution is -2.15. The monoisotopic (exact) mass is 276 g/mol. The van der Waals surface area contributed by atoms with Gasteiger partial charge in [0.1, 0.15) is 7.14 Å². The van der Waals surface area contributed by atoms with Crippen molar-refractivity contribution in [2.24, 2.45) is 0 Å². The van der Waals surface area contributed by atoms with Crippen LogP contribution in [0, 0.1) is 10.1 Å². The van der Waals surface area contributed by atoms with E-state index in [4.69, 9.17) is 5.73 Å². The van der Waals surface area contributed by atoms with Crippen LogP contribution in [0.3, 0.4) is 0 Å². The Morgan fingerprint density at radius 3 is 1.84 bits per heavy atom. The Labute approximate surface area is 110 Å². The van der Waals surface area contributed by atoms with Crippen LogP contribution < -0.4 is 16.3 Å². The second-order valence-corrected chi connectivity index (χ2v) is 7.17. The molecule has 1 atom stereocenters. The Kier molecular flexibility index (Phi) is 3.40. The van der Waals surface area contributed by atoms with Gasteiger partial charge in [-0.3, -0.25) is 10.1 Å².